The largest absolute Gasteiger partial charge is 0.322 e. The number of nitrogens with one attached hydrogen (secondary N) is 1. The van der Waals surface area contributed by atoms with Gasteiger partial charge in [-0.3, -0.25) is 9.00 Å². The van der Waals surface area contributed by atoms with Crippen LogP contribution in [0.25, 0.3) is 5.69 Å². The fraction of sp³-hybridized carbons (Fsp3) is 0.0588. The number of carbonyl (C=O) groups is 1. The topological polar surface area (TPSA) is 64.0 Å². The number of nitrogens with zero attached hydrogens (tertiary/aromatic N) is 2. The lowest BCUT2D eigenvalue weighted by atomic mass is 10.2. The Bertz CT molecular complexity index is 825. The van der Waals surface area contributed by atoms with E-state index in [2.05, 4.69) is 10.3 Å². The van der Waals surface area contributed by atoms with Gasteiger partial charge in [-0.25, -0.2) is 4.98 Å². The Hall–Kier alpha value is -2.73. The quantitative estimate of drug-likeness (QED) is 0.802. The van der Waals surface area contributed by atoms with Gasteiger partial charge in [0, 0.05) is 51.3 Å². The molecule has 1 heterocycles. The number of aromatic nitrogens is 2. The molecule has 3 rings (SSSR count). The van der Waals surface area contributed by atoms with Crippen molar-refractivity contribution in [3.63, 3.8) is 0 Å². The molecule has 0 saturated heterocycles. The zero-order chi connectivity index (χ0) is 16.2. The number of anilines is 1. The predicted octanol–water partition coefficient (Wildman–Crippen LogP) is 2.86. The average Bonchev–Trinajstić information content (AvgIpc) is 3.10. The summed E-state index contributed by atoms with van der Waals surface area (Å²) in [5.74, 6) is -0.187. The highest BCUT2D eigenvalue weighted by atomic mass is 32.2. The van der Waals surface area contributed by atoms with Crippen molar-refractivity contribution >= 4 is 22.4 Å². The third-order valence-electron chi connectivity index (χ3n) is 3.38. The molecule has 1 amide bonds. The number of hydrogen-bond acceptors (Lipinski definition) is 3. The molecule has 5 nitrogen and oxygen atoms in total. The van der Waals surface area contributed by atoms with Gasteiger partial charge in [0.15, 0.2) is 0 Å². The third kappa shape index (κ3) is 3.54. The lowest BCUT2D eigenvalue weighted by Crippen LogP contribution is -2.11. The fourth-order valence-electron chi connectivity index (χ4n) is 2.13. The lowest BCUT2D eigenvalue weighted by Gasteiger charge is -2.07. The van der Waals surface area contributed by atoms with E-state index in [0.29, 0.717) is 11.3 Å². The third-order valence-corrected chi connectivity index (χ3v) is 4.31. The van der Waals surface area contributed by atoms with Gasteiger partial charge < -0.3 is 9.88 Å². The minimum absolute atomic E-state index is 0.187. The molecule has 6 heteroatoms. The first-order valence-corrected chi connectivity index (χ1v) is 8.52. The van der Waals surface area contributed by atoms with Gasteiger partial charge in [-0.1, -0.05) is 0 Å². The van der Waals surface area contributed by atoms with Crippen LogP contribution in [0.15, 0.2) is 72.1 Å². The lowest BCUT2D eigenvalue weighted by molar-refractivity contribution is 0.102. The maximum atomic E-state index is 12.2. The number of imidazole rings is 1. The Morgan fingerprint density at radius 1 is 1.09 bits per heavy atom. The van der Waals surface area contributed by atoms with Crippen molar-refractivity contribution < 1.29 is 9.00 Å². The molecule has 3 aromatic rings. The van der Waals surface area contributed by atoms with Crippen LogP contribution in [-0.4, -0.2) is 25.9 Å². The Kier molecular flexibility index (Phi) is 4.34. The van der Waals surface area contributed by atoms with Crippen molar-refractivity contribution in [3.8, 4) is 5.69 Å². The normalized spacial score (nSPS) is 11.9. The van der Waals surface area contributed by atoms with Crippen LogP contribution in [0.4, 0.5) is 5.69 Å². The van der Waals surface area contributed by atoms with Gasteiger partial charge in [-0.05, 0) is 48.5 Å². The maximum absolute atomic E-state index is 12.2. The summed E-state index contributed by atoms with van der Waals surface area (Å²) in [6.07, 6.45) is 6.87. The maximum Gasteiger partial charge on any atom is 0.255 e. The molecule has 0 aliphatic heterocycles. The monoisotopic (exact) mass is 325 g/mol. The van der Waals surface area contributed by atoms with Crippen molar-refractivity contribution in [2.24, 2.45) is 0 Å². The number of rotatable bonds is 4. The molecule has 0 saturated carbocycles. The molecular formula is C17H15N3O2S. The van der Waals surface area contributed by atoms with E-state index in [1.165, 1.54) is 0 Å². The van der Waals surface area contributed by atoms with E-state index in [9.17, 15) is 9.00 Å². The van der Waals surface area contributed by atoms with Crippen molar-refractivity contribution in [2.45, 2.75) is 4.90 Å². The van der Waals surface area contributed by atoms with E-state index in [1.807, 2.05) is 22.9 Å². The fourth-order valence-corrected chi connectivity index (χ4v) is 2.65. The number of amides is 1. The highest BCUT2D eigenvalue weighted by Crippen LogP contribution is 2.14. The van der Waals surface area contributed by atoms with E-state index in [-0.39, 0.29) is 5.91 Å². The van der Waals surface area contributed by atoms with E-state index in [4.69, 9.17) is 0 Å². The van der Waals surface area contributed by atoms with Gasteiger partial charge in [-0.2, -0.15) is 0 Å². The summed E-state index contributed by atoms with van der Waals surface area (Å²) in [6, 6.07) is 14.2. The molecule has 0 radical (unpaired) electrons. The summed E-state index contributed by atoms with van der Waals surface area (Å²) in [7, 11) is -1.02. The van der Waals surface area contributed by atoms with Gasteiger partial charge in [0.25, 0.3) is 5.91 Å². The van der Waals surface area contributed by atoms with Crippen LogP contribution in [0.3, 0.4) is 0 Å². The van der Waals surface area contributed by atoms with Gasteiger partial charge in [0.2, 0.25) is 0 Å². The van der Waals surface area contributed by atoms with Crippen LogP contribution >= 0.6 is 0 Å². The molecule has 1 aromatic heterocycles. The molecule has 0 spiro atoms. The number of hydrogen-bond donors (Lipinski definition) is 1. The van der Waals surface area contributed by atoms with Gasteiger partial charge in [-0.15, -0.1) is 0 Å². The minimum Gasteiger partial charge on any atom is -0.322 e. The molecule has 2 aromatic carbocycles. The van der Waals surface area contributed by atoms with Crippen LogP contribution in [0.5, 0.6) is 0 Å². The molecule has 0 fully saturated rings. The second kappa shape index (κ2) is 6.58. The Labute approximate surface area is 136 Å². The van der Waals surface area contributed by atoms with E-state index >= 15 is 0 Å². The molecule has 0 aliphatic carbocycles. The van der Waals surface area contributed by atoms with Crippen molar-refractivity contribution in [1.82, 2.24) is 9.55 Å². The zero-order valence-corrected chi connectivity index (χ0v) is 13.3. The van der Waals surface area contributed by atoms with Gasteiger partial charge in [0.1, 0.15) is 0 Å². The number of carbonyl (C=O) groups excluding carboxylic acids is 1. The molecule has 0 unspecified atom stereocenters. The second-order valence-electron chi connectivity index (χ2n) is 4.95. The minimum atomic E-state index is -1.02. The van der Waals surface area contributed by atoms with Gasteiger partial charge in [0.05, 0.1) is 6.33 Å². The molecule has 23 heavy (non-hydrogen) atoms. The highest BCUT2D eigenvalue weighted by molar-refractivity contribution is 7.84. The Morgan fingerprint density at radius 2 is 1.78 bits per heavy atom. The summed E-state index contributed by atoms with van der Waals surface area (Å²) in [4.78, 5) is 17.0. The van der Waals surface area contributed by atoms with Crippen LogP contribution < -0.4 is 5.32 Å². The smallest absolute Gasteiger partial charge is 0.255 e. The second-order valence-corrected chi connectivity index (χ2v) is 6.33. The van der Waals surface area contributed by atoms with Gasteiger partial charge >= 0.3 is 0 Å². The van der Waals surface area contributed by atoms with Crippen LogP contribution in [0.2, 0.25) is 0 Å². The molecule has 0 aliphatic rings. The first kappa shape index (κ1) is 15.2. The SMILES string of the molecule is C[S@](=O)c1ccc(NC(=O)c2ccc(-n3ccnc3)cc2)cc1. The van der Waals surface area contributed by atoms with Crippen molar-refractivity contribution in [2.75, 3.05) is 11.6 Å². The summed E-state index contributed by atoms with van der Waals surface area (Å²) >= 11 is 0. The first-order valence-electron chi connectivity index (χ1n) is 6.97. The van der Waals surface area contributed by atoms with E-state index in [0.717, 1.165) is 10.6 Å². The van der Waals surface area contributed by atoms with Crippen molar-refractivity contribution in [1.29, 1.82) is 0 Å². The van der Waals surface area contributed by atoms with E-state index < -0.39 is 10.8 Å². The molecule has 0 bridgehead atoms. The molecule has 1 atom stereocenters. The van der Waals surface area contributed by atoms with Crippen LogP contribution in [0.1, 0.15) is 10.4 Å². The zero-order valence-electron chi connectivity index (χ0n) is 12.5. The summed E-state index contributed by atoms with van der Waals surface area (Å²) < 4.78 is 13.2. The summed E-state index contributed by atoms with van der Waals surface area (Å²) in [6.45, 7) is 0. The first-order chi connectivity index (χ1) is 11.1. The Morgan fingerprint density at radius 3 is 2.35 bits per heavy atom. The highest BCUT2D eigenvalue weighted by Gasteiger charge is 2.07. The summed E-state index contributed by atoms with van der Waals surface area (Å²) in [5.41, 5.74) is 2.17. The standard InChI is InChI=1S/C17H15N3O2S/c1-23(22)16-8-4-14(5-9-16)19-17(21)13-2-6-15(7-3-13)20-11-10-18-12-20/h2-12H,1H3,(H,19,21)/t23-/m0/s1. The molecule has 116 valence electrons. The predicted molar refractivity (Wildman–Crippen MR) is 90.3 cm³/mol. The number of benzene rings is 2. The van der Waals surface area contributed by atoms with E-state index in [1.54, 1.807) is 55.2 Å². The Balaban J connectivity index is 1.71. The molecular weight excluding hydrogens is 310 g/mol. The summed E-state index contributed by atoms with van der Waals surface area (Å²) in [5, 5.41) is 2.82. The average molecular weight is 325 g/mol. The van der Waals surface area contributed by atoms with Crippen LogP contribution in [0, 0.1) is 0 Å². The van der Waals surface area contributed by atoms with Crippen molar-refractivity contribution in [3.05, 3.63) is 72.8 Å². The van der Waals surface area contributed by atoms with Crippen LogP contribution in [-0.2, 0) is 10.8 Å². The molecule has 1 N–H and O–H groups in total.